The van der Waals surface area contributed by atoms with Gasteiger partial charge in [0.1, 0.15) is 0 Å². The van der Waals surface area contributed by atoms with Crippen LogP contribution in [-0.4, -0.2) is 19.8 Å². The van der Waals surface area contributed by atoms with Crippen molar-refractivity contribution in [2.24, 2.45) is 0 Å². The summed E-state index contributed by atoms with van der Waals surface area (Å²) in [7, 11) is 0. The maximum Gasteiger partial charge on any atom is 0.0653 e. The van der Waals surface area contributed by atoms with E-state index in [2.05, 4.69) is 54.9 Å². The fourth-order valence-electron chi connectivity index (χ4n) is 1.90. The molecule has 0 atom stereocenters. The molecule has 0 aliphatic heterocycles. The van der Waals surface area contributed by atoms with Crippen LogP contribution in [0.2, 0.25) is 0 Å². The molecule has 18 heavy (non-hydrogen) atoms. The molecule has 0 amide bonds. The van der Waals surface area contributed by atoms with Gasteiger partial charge in [-0.05, 0) is 44.5 Å². The first-order valence-electron chi connectivity index (χ1n) is 7.07. The van der Waals surface area contributed by atoms with E-state index in [1.54, 1.807) is 0 Å². The highest BCUT2D eigenvalue weighted by Gasteiger charge is 2.00. The zero-order valence-electron chi connectivity index (χ0n) is 12.0. The minimum absolute atomic E-state index is 0.825. The Balaban J connectivity index is 2.36. The van der Waals surface area contributed by atoms with Crippen molar-refractivity contribution in [1.29, 1.82) is 0 Å². The second-order valence-electron chi connectivity index (χ2n) is 4.64. The first-order valence-corrected chi connectivity index (χ1v) is 7.07. The van der Waals surface area contributed by atoms with Crippen molar-refractivity contribution in [3.05, 3.63) is 23.8 Å². The summed E-state index contributed by atoms with van der Waals surface area (Å²) in [5.74, 6) is 0. The molecule has 0 saturated heterocycles. The number of unbranched alkanes of at least 4 members (excludes halogenated alkanes) is 2. The van der Waals surface area contributed by atoms with Gasteiger partial charge in [0.25, 0.3) is 0 Å². The predicted octanol–water partition coefficient (Wildman–Crippen LogP) is 3.58. The lowest BCUT2D eigenvalue weighted by atomic mass is 10.2. The third-order valence-corrected chi connectivity index (χ3v) is 2.90. The predicted molar refractivity (Wildman–Crippen MR) is 81.4 cm³/mol. The molecule has 0 fully saturated rings. The Labute approximate surface area is 111 Å². The molecule has 0 heterocycles. The maximum atomic E-state index is 3.43. The van der Waals surface area contributed by atoms with Gasteiger partial charge in [0.15, 0.2) is 0 Å². The highest BCUT2D eigenvalue weighted by atomic mass is 15.1. The summed E-state index contributed by atoms with van der Waals surface area (Å²) < 4.78 is 0. The van der Waals surface area contributed by atoms with E-state index < -0.39 is 0 Å². The van der Waals surface area contributed by atoms with E-state index >= 15 is 0 Å². The number of anilines is 2. The van der Waals surface area contributed by atoms with Gasteiger partial charge in [0.2, 0.25) is 0 Å². The maximum absolute atomic E-state index is 3.43. The summed E-state index contributed by atoms with van der Waals surface area (Å²) in [6, 6.07) is 6.46. The molecule has 0 aromatic heterocycles. The topological polar surface area (TPSA) is 36.1 Å². The number of nitrogens with one attached hydrogen (secondary N) is 3. The van der Waals surface area contributed by atoms with Crippen molar-refractivity contribution < 1.29 is 0 Å². The molecule has 0 unspecified atom stereocenters. The van der Waals surface area contributed by atoms with E-state index in [-0.39, 0.29) is 0 Å². The van der Waals surface area contributed by atoms with E-state index in [9.17, 15) is 0 Å². The van der Waals surface area contributed by atoms with Crippen molar-refractivity contribution in [2.45, 2.75) is 40.0 Å². The standard InChI is InChI=1S/C15H27N3/c1-4-6-7-10-16-12-18-14-9-8-13(3)11-15(14)17-5-2/h8-9,11,16-18H,4-7,10,12H2,1-3H3. The summed E-state index contributed by atoms with van der Waals surface area (Å²) in [5, 5.41) is 10.2. The SMILES string of the molecule is CCCCCNCNc1ccc(C)cc1NCC. The van der Waals surface area contributed by atoms with E-state index in [0.29, 0.717) is 0 Å². The van der Waals surface area contributed by atoms with Crippen LogP contribution < -0.4 is 16.0 Å². The van der Waals surface area contributed by atoms with Gasteiger partial charge in [-0.15, -0.1) is 0 Å². The van der Waals surface area contributed by atoms with Gasteiger partial charge >= 0.3 is 0 Å². The summed E-state index contributed by atoms with van der Waals surface area (Å²) in [4.78, 5) is 0. The van der Waals surface area contributed by atoms with Crippen LogP contribution in [0.15, 0.2) is 18.2 Å². The van der Waals surface area contributed by atoms with Gasteiger partial charge in [0, 0.05) is 6.54 Å². The minimum Gasteiger partial charge on any atom is -0.384 e. The van der Waals surface area contributed by atoms with Crippen molar-refractivity contribution >= 4 is 11.4 Å². The Morgan fingerprint density at radius 2 is 1.83 bits per heavy atom. The quantitative estimate of drug-likeness (QED) is 0.462. The smallest absolute Gasteiger partial charge is 0.0653 e. The van der Waals surface area contributed by atoms with Gasteiger partial charge in [0.05, 0.1) is 18.0 Å². The molecule has 102 valence electrons. The molecule has 1 aromatic rings. The fourth-order valence-corrected chi connectivity index (χ4v) is 1.90. The Morgan fingerprint density at radius 3 is 2.56 bits per heavy atom. The molecule has 1 aromatic carbocycles. The molecule has 0 spiro atoms. The van der Waals surface area contributed by atoms with Crippen molar-refractivity contribution in [3.63, 3.8) is 0 Å². The first-order chi connectivity index (χ1) is 8.77. The molecule has 3 heteroatoms. The number of hydrogen-bond acceptors (Lipinski definition) is 3. The van der Waals surface area contributed by atoms with Gasteiger partial charge in [-0.25, -0.2) is 0 Å². The van der Waals surface area contributed by atoms with Crippen LogP contribution in [0.4, 0.5) is 11.4 Å². The lowest BCUT2D eigenvalue weighted by Crippen LogP contribution is -2.23. The third kappa shape index (κ3) is 5.41. The van der Waals surface area contributed by atoms with Crippen LogP contribution in [-0.2, 0) is 0 Å². The molecule has 1 rings (SSSR count). The van der Waals surface area contributed by atoms with E-state index in [4.69, 9.17) is 0 Å². The average Bonchev–Trinajstić information content (AvgIpc) is 2.36. The second-order valence-corrected chi connectivity index (χ2v) is 4.64. The molecule has 0 saturated carbocycles. The molecule has 3 N–H and O–H groups in total. The number of hydrogen-bond donors (Lipinski definition) is 3. The molecule has 3 nitrogen and oxygen atoms in total. The lowest BCUT2D eigenvalue weighted by Gasteiger charge is -2.14. The minimum atomic E-state index is 0.825. The van der Waals surface area contributed by atoms with Crippen molar-refractivity contribution in [1.82, 2.24) is 5.32 Å². The Hall–Kier alpha value is -1.22. The largest absolute Gasteiger partial charge is 0.384 e. The Kier molecular flexibility index (Phi) is 7.26. The summed E-state index contributed by atoms with van der Waals surface area (Å²) >= 11 is 0. The van der Waals surface area contributed by atoms with Gasteiger partial charge in [-0.3, -0.25) is 0 Å². The van der Waals surface area contributed by atoms with Crippen LogP contribution >= 0.6 is 0 Å². The van der Waals surface area contributed by atoms with Gasteiger partial charge in [-0.2, -0.15) is 0 Å². The lowest BCUT2D eigenvalue weighted by molar-refractivity contribution is 0.637. The summed E-state index contributed by atoms with van der Waals surface area (Å²) in [6.07, 6.45) is 3.84. The monoisotopic (exact) mass is 249 g/mol. The van der Waals surface area contributed by atoms with Crippen LogP contribution in [0.3, 0.4) is 0 Å². The average molecular weight is 249 g/mol. The zero-order valence-corrected chi connectivity index (χ0v) is 12.0. The molecule has 0 aliphatic carbocycles. The normalized spacial score (nSPS) is 10.4. The van der Waals surface area contributed by atoms with Gasteiger partial charge in [-0.1, -0.05) is 25.8 Å². The number of rotatable bonds is 9. The van der Waals surface area contributed by atoms with Crippen LogP contribution in [0, 0.1) is 6.92 Å². The summed E-state index contributed by atoms with van der Waals surface area (Å²) in [5.41, 5.74) is 3.64. The molecular formula is C15H27N3. The van der Waals surface area contributed by atoms with Crippen LogP contribution in [0.25, 0.3) is 0 Å². The van der Waals surface area contributed by atoms with Crippen LogP contribution in [0.1, 0.15) is 38.7 Å². The van der Waals surface area contributed by atoms with E-state index in [1.807, 2.05) is 0 Å². The molecular weight excluding hydrogens is 222 g/mol. The van der Waals surface area contributed by atoms with Crippen molar-refractivity contribution in [2.75, 3.05) is 30.4 Å². The van der Waals surface area contributed by atoms with E-state index in [1.165, 1.54) is 36.2 Å². The zero-order chi connectivity index (χ0) is 13.2. The Bertz CT molecular complexity index is 337. The Morgan fingerprint density at radius 1 is 1.00 bits per heavy atom. The number of aryl methyl sites for hydroxylation is 1. The third-order valence-electron chi connectivity index (χ3n) is 2.90. The molecule has 0 bridgehead atoms. The fraction of sp³-hybridized carbons (Fsp3) is 0.600. The van der Waals surface area contributed by atoms with Gasteiger partial charge < -0.3 is 16.0 Å². The van der Waals surface area contributed by atoms with Crippen molar-refractivity contribution in [3.8, 4) is 0 Å². The number of benzene rings is 1. The van der Waals surface area contributed by atoms with Crippen LogP contribution in [0.5, 0.6) is 0 Å². The molecule has 0 radical (unpaired) electrons. The summed E-state index contributed by atoms with van der Waals surface area (Å²) in [6.45, 7) is 9.33. The second kappa shape index (κ2) is 8.81. The molecule has 0 aliphatic rings. The first kappa shape index (κ1) is 14.8. The van der Waals surface area contributed by atoms with E-state index in [0.717, 1.165) is 19.8 Å². The highest BCUT2D eigenvalue weighted by Crippen LogP contribution is 2.22. The highest BCUT2D eigenvalue weighted by molar-refractivity contribution is 5.69.